The first-order valence-electron chi connectivity index (χ1n) is 5.13. The Balaban J connectivity index is 2.23. The van der Waals surface area contributed by atoms with Gasteiger partial charge >= 0.3 is 5.97 Å². The Labute approximate surface area is 82.9 Å². The standard InChI is InChI=1S/C10H15NO3/c1-6(12)11-7-3-2-4-9(11)8(5-7)10(13)14/h7-9H,2-5H2,1H3,(H,13,14)/t7-,8-,9+/m0/s1. The van der Waals surface area contributed by atoms with Gasteiger partial charge < -0.3 is 10.0 Å². The molecule has 0 aromatic carbocycles. The van der Waals surface area contributed by atoms with E-state index in [9.17, 15) is 9.59 Å². The Morgan fingerprint density at radius 1 is 1.36 bits per heavy atom. The maximum atomic E-state index is 11.4. The van der Waals surface area contributed by atoms with Gasteiger partial charge in [-0.15, -0.1) is 0 Å². The summed E-state index contributed by atoms with van der Waals surface area (Å²) in [5.41, 5.74) is 0. The van der Waals surface area contributed by atoms with Crippen LogP contribution in [0.15, 0.2) is 0 Å². The van der Waals surface area contributed by atoms with Gasteiger partial charge in [-0.1, -0.05) is 0 Å². The third kappa shape index (κ3) is 1.29. The van der Waals surface area contributed by atoms with E-state index in [0.29, 0.717) is 6.42 Å². The molecule has 0 spiro atoms. The summed E-state index contributed by atoms with van der Waals surface area (Å²) in [7, 11) is 0. The van der Waals surface area contributed by atoms with Crippen molar-refractivity contribution in [2.75, 3.05) is 0 Å². The number of piperidine rings is 1. The average Bonchev–Trinajstić information content (AvgIpc) is 2.34. The van der Waals surface area contributed by atoms with Crippen LogP contribution in [0, 0.1) is 5.92 Å². The molecule has 1 amide bonds. The number of hydrogen-bond donors (Lipinski definition) is 1. The molecule has 2 bridgehead atoms. The smallest absolute Gasteiger partial charge is 0.308 e. The molecule has 0 saturated carbocycles. The summed E-state index contributed by atoms with van der Waals surface area (Å²) >= 11 is 0. The van der Waals surface area contributed by atoms with Gasteiger partial charge in [0.1, 0.15) is 0 Å². The molecule has 2 aliphatic rings. The zero-order valence-electron chi connectivity index (χ0n) is 8.27. The summed E-state index contributed by atoms with van der Waals surface area (Å²) in [4.78, 5) is 24.1. The lowest BCUT2D eigenvalue weighted by Crippen LogP contribution is -2.44. The topological polar surface area (TPSA) is 57.6 Å². The molecule has 2 heterocycles. The van der Waals surface area contributed by atoms with Crippen molar-refractivity contribution in [1.82, 2.24) is 4.90 Å². The second-order valence-electron chi connectivity index (χ2n) is 4.26. The number of rotatable bonds is 1. The number of aliphatic carboxylic acids is 1. The summed E-state index contributed by atoms with van der Waals surface area (Å²) in [6.45, 7) is 1.54. The van der Waals surface area contributed by atoms with Gasteiger partial charge in [0, 0.05) is 19.0 Å². The Hall–Kier alpha value is -1.06. The van der Waals surface area contributed by atoms with Crippen LogP contribution in [0.4, 0.5) is 0 Å². The van der Waals surface area contributed by atoms with E-state index in [1.807, 2.05) is 0 Å². The molecule has 0 aromatic heterocycles. The third-order valence-corrected chi connectivity index (χ3v) is 3.46. The van der Waals surface area contributed by atoms with Crippen molar-refractivity contribution in [3.63, 3.8) is 0 Å². The molecule has 1 N–H and O–H groups in total. The van der Waals surface area contributed by atoms with E-state index < -0.39 is 5.97 Å². The fourth-order valence-corrected chi connectivity index (χ4v) is 2.94. The van der Waals surface area contributed by atoms with Crippen LogP contribution in [0.2, 0.25) is 0 Å². The molecular formula is C10H15NO3. The van der Waals surface area contributed by atoms with Crippen molar-refractivity contribution in [2.24, 2.45) is 5.92 Å². The number of nitrogens with zero attached hydrogens (tertiary/aromatic N) is 1. The first kappa shape index (κ1) is 9.49. The average molecular weight is 197 g/mol. The van der Waals surface area contributed by atoms with Crippen molar-refractivity contribution in [2.45, 2.75) is 44.7 Å². The molecule has 2 saturated heterocycles. The highest BCUT2D eigenvalue weighted by atomic mass is 16.4. The van der Waals surface area contributed by atoms with Gasteiger partial charge in [0.05, 0.1) is 5.92 Å². The SMILES string of the molecule is CC(=O)N1[C@H]2CCC[C@@H]1[C@@H](C(=O)O)C2. The quantitative estimate of drug-likeness (QED) is 0.678. The highest BCUT2D eigenvalue weighted by molar-refractivity contribution is 5.78. The van der Waals surface area contributed by atoms with Crippen LogP contribution in [0.5, 0.6) is 0 Å². The summed E-state index contributed by atoms with van der Waals surface area (Å²) in [6, 6.07) is 0.149. The molecular weight excluding hydrogens is 182 g/mol. The largest absolute Gasteiger partial charge is 0.481 e. The summed E-state index contributed by atoms with van der Waals surface area (Å²) in [6.07, 6.45) is 3.54. The second kappa shape index (κ2) is 3.26. The highest BCUT2D eigenvalue weighted by Gasteiger charge is 2.47. The zero-order chi connectivity index (χ0) is 10.3. The Bertz CT molecular complexity index is 277. The third-order valence-electron chi connectivity index (χ3n) is 3.46. The molecule has 2 rings (SSSR count). The normalized spacial score (nSPS) is 35.8. The molecule has 0 unspecified atom stereocenters. The molecule has 4 nitrogen and oxygen atoms in total. The van der Waals surface area contributed by atoms with Crippen LogP contribution in [-0.4, -0.2) is 34.0 Å². The molecule has 78 valence electrons. The highest BCUT2D eigenvalue weighted by Crippen LogP contribution is 2.39. The van der Waals surface area contributed by atoms with Crippen molar-refractivity contribution in [3.05, 3.63) is 0 Å². The van der Waals surface area contributed by atoms with Crippen LogP contribution in [0.25, 0.3) is 0 Å². The first-order valence-corrected chi connectivity index (χ1v) is 5.13. The van der Waals surface area contributed by atoms with Gasteiger partial charge in [-0.25, -0.2) is 0 Å². The van der Waals surface area contributed by atoms with E-state index in [1.165, 1.54) is 6.92 Å². The molecule has 2 fully saturated rings. The van der Waals surface area contributed by atoms with E-state index >= 15 is 0 Å². The zero-order valence-corrected chi connectivity index (χ0v) is 8.27. The first-order chi connectivity index (χ1) is 6.61. The van der Waals surface area contributed by atoms with E-state index in [0.717, 1.165) is 19.3 Å². The predicted octanol–water partition coefficient (Wildman–Crippen LogP) is 0.861. The van der Waals surface area contributed by atoms with Gasteiger partial charge in [0.25, 0.3) is 0 Å². The molecule has 0 radical (unpaired) electrons. The molecule has 0 aliphatic carbocycles. The minimum atomic E-state index is -0.745. The van der Waals surface area contributed by atoms with Crippen LogP contribution in [-0.2, 0) is 9.59 Å². The van der Waals surface area contributed by atoms with Crippen molar-refractivity contribution >= 4 is 11.9 Å². The molecule has 4 heteroatoms. The van der Waals surface area contributed by atoms with E-state index in [2.05, 4.69) is 0 Å². The van der Waals surface area contributed by atoms with E-state index in [1.54, 1.807) is 4.90 Å². The maximum Gasteiger partial charge on any atom is 0.308 e. The van der Waals surface area contributed by atoms with Crippen molar-refractivity contribution in [3.8, 4) is 0 Å². The minimum absolute atomic E-state index is 0.0310. The maximum absolute atomic E-state index is 11.4. The van der Waals surface area contributed by atoms with Gasteiger partial charge in [-0.05, 0) is 25.7 Å². The van der Waals surface area contributed by atoms with Crippen LogP contribution in [0.1, 0.15) is 32.6 Å². The summed E-state index contributed by atoms with van der Waals surface area (Å²) < 4.78 is 0. The summed E-state index contributed by atoms with van der Waals surface area (Å²) in [5.74, 6) is -1.04. The van der Waals surface area contributed by atoms with Crippen LogP contribution < -0.4 is 0 Å². The van der Waals surface area contributed by atoms with Crippen LogP contribution >= 0.6 is 0 Å². The Kier molecular flexibility index (Phi) is 2.21. The van der Waals surface area contributed by atoms with Gasteiger partial charge in [0.2, 0.25) is 5.91 Å². The van der Waals surface area contributed by atoms with Crippen LogP contribution in [0.3, 0.4) is 0 Å². The lowest BCUT2D eigenvalue weighted by Gasteiger charge is -2.34. The summed E-state index contributed by atoms with van der Waals surface area (Å²) in [5, 5.41) is 9.02. The monoisotopic (exact) mass is 197 g/mol. The number of carboxylic acids is 1. The number of fused-ring (bicyclic) bond motifs is 2. The molecule has 0 aromatic rings. The Morgan fingerprint density at radius 3 is 2.57 bits per heavy atom. The molecule has 2 aliphatic heterocycles. The minimum Gasteiger partial charge on any atom is -0.481 e. The second-order valence-corrected chi connectivity index (χ2v) is 4.26. The number of carbonyl (C=O) groups excluding carboxylic acids is 1. The number of carbonyl (C=O) groups is 2. The Morgan fingerprint density at radius 2 is 2.07 bits per heavy atom. The number of amides is 1. The fourth-order valence-electron chi connectivity index (χ4n) is 2.94. The lowest BCUT2D eigenvalue weighted by molar-refractivity contribution is -0.143. The van der Waals surface area contributed by atoms with Crippen molar-refractivity contribution < 1.29 is 14.7 Å². The molecule has 14 heavy (non-hydrogen) atoms. The fraction of sp³-hybridized carbons (Fsp3) is 0.800. The lowest BCUT2D eigenvalue weighted by atomic mass is 9.98. The van der Waals surface area contributed by atoms with E-state index in [4.69, 9.17) is 5.11 Å². The van der Waals surface area contributed by atoms with Gasteiger partial charge in [-0.3, -0.25) is 9.59 Å². The number of carboxylic acid groups (broad SMARTS) is 1. The molecule has 3 atom stereocenters. The van der Waals surface area contributed by atoms with Crippen molar-refractivity contribution in [1.29, 1.82) is 0 Å². The predicted molar refractivity (Wildman–Crippen MR) is 49.7 cm³/mol. The van der Waals surface area contributed by atoms with E-state index in [-0.39, 0.29) is 23.9 Å². The van der Waals surface area contributed by atoms with Gasteiger partial charge in [-0.2, -0.15) is 0 Å². The van der Waals surface area contributed by atoms with Gasteiger partial charge in [0.15, 0.2) is 0 Å². The number of hydrogen-bond acceptors (Lipinski definition) is 2.